The molecule has 1 atom stereocenters. The van der Waals surface area contributed by atoms with Crippen LogP contribution < -0.4 is 5.32 Å². The zero-order valence-electron chi connectivity index (χ0n) is 9.10. The standard InChI is InChI=1S/C12H14N2O2/c1-3-10(4-2)14-8-11-6-5-9(7-13-11)12(15)16/h1,5-7,10,14H,4,8H2,2H3,(H,15,16). The zero-order chi connectivity index (χ0) is 12.0. The van der Waals surface area contributed by atoms with Gasteiger partial charge in [0.1, 0.15) is 0 Å². The summed E-state index contributed by atoms with van der Waals surface area (Å²) in [5.41, 5.74) is 0.964. The van der Waals surface area contributed by atoms with Crippen LogP contribution in [0.25, 0.3) is 0 Å². The number of carboxylic acids is 1. The summed E-state index contributed by atoms with van der Waals surface area (Å²) in [5, 5.41) is 11.8. The van der Waals surface area contributed by atoms with Crippen LogP contribution in [0.1, 0.15) is 29.4 Å². The van der Waals surface area contributed by atoms with Crippen molar-refractivity contribution in [3.63, 3.8) is 0 Å². The van der Waals surface area contributed by atoms with Crippen LogP contribution in [-0.2, 0) is 6.54 Å². The molecule has 0 fully saturated rings. The molecule has 0 aliphatic heterocycles. The molecule has 0 saturated heterocycles. The Morgan fingerprint density at radius 1 is 1.69 bits per heavy atom. The fourth-order valence-electron chi connectivity index (χ4n) is 1.20. The monoisotopic (exact) mass is 218 g/mol. The number of carboxylic acid groups (broad SMARTS) is 1. The number of aromatic nitrogens is 1. The number of hydrogen-bond acceptors (Lipinski definition) is 3. The van der Waals surface area contributed by atoms with E-state index in [0.717, 1.165) is 12.1 Å². The van der Waals surface area contributed by atoms with Crippen LogP contribution in [0, 0.1) is 12.3 Å². The average Bonchev–Trinajstić information content (AvgIpc) is 2.31. The fourth-order valence-corrected chi connectivity index (χ4v) is 1.20. The average molecular weight is 218 g/mol. The van der Waals surface area contributed by atoms with Crippen molar-refractivity contribution in [1.29, 1.82) is 0 Å². The van der Waals surface area contributed by atoms with E-state index >= 15 is 0 Å². The van der Waals surface area contributed by atoms with Crippen molar-refractivity contribution >= 4 is 5.97 Å². The third-order valence-electron chi connectivity index (χ3n) is 2.21. The molecule has 1 unspecified atom stereocenters. The smallest absolute Gasteiger partial charge is 0.337 e. The first kappa shape index (κ1) is 12.2. The minimum absolute atomic E-state index is 0.0287. The summed E-state index contributed by atoms with van der Waals surface area (Å²) in [6, 6.07) is 3.24. The van der Waals surface area contributed by atoms with Gasteiger partial charge in [-0.05, 0) is 18.6 Å². The lowest BCUT2D eigenvalue weighted by atomic mass is 10.2. The minimum atomic E-state index is -0.970. The van der Waals surface area contributed by atoms with Crippen LogP contribution in [0.2, 0.25) is 0 Å². The Morgan fingerprint density at radius 2 is 2.44 bits per heavy atom. The Hall–Kier alpha value is -1.86. The van der Waals surface area contributed by atoms with E-state index in [-0.39, 0.29) is 11.6 Å². The Bertz CT molecular complexity index is 392. The first-order valence-corrected chi connectivity index (χ1v) is 5.05. The summed E-state index contributed by atoms with van der Waals surface area (Å²) in [6.07, 6.45) is 7.49. The number of pyridine rings is 1. The molecule has 2 N–H and O–H groups in total. The molecule has 0 aliphatic rings. The molecule has 0 aliphatic carbocycles. The fraction of sp³-hybridized carbons (Fsp3) is 0.333. The highest BCUT2D eigenvalue weighted by atomic mass is 16.4. The lowest BCUT2D eigenvalue weighted by Crippen LogP contribution is -2.26. The molecule has 4 heteroatoms. The molecule has 1 aromatic heterocycles. The van der Waals surface area contributed by atoms with Gasteiger partial charge in [-0.1, -0.05) is 12.8 Å². The summed E-state index contributed by atoms with van der Waals surface area (Å²) >= 11 is 0. The largest absolute Gasteiger partial charge is 0.478 e. The topological polar surface area (TPSA) is 62.2 Å². The third-order valence-corrected chi connectivity index (χ3v) is 2.21. The van der Waals surface area contributed by atoms with Gasteiger partial charge >= 0.3 is 5.97 Å². The highest BCUT2D eigenvalue weighted by Crippen LogP contribution is 2.01. The summed E-state index contributed by atoms with van der Waals surface area (Å²) in [5.74, 6) is 1.65. The van der Waals surface area contributed by atoms with E-state index in [0.29, 0.717) is 6.54 Å². The summed E-state index contributed by atoms with van der Waals surface area (Å²) < 4.78 is 0. The van der Waals surface area contributed by atoms with Crippen LogP contribution in [-0.4, -0.2) is 22.1 Å². The molecule has 0 spiro atoms. The Kier molecular flexibility index (Phi) is 4.49. The summed E-state index contributed by atoms with van der Waals surface area (Å²) in [7, 11) is 0. The van der Waals surface area contributed by atoms with Gasteiger partial charge in [-0.15, -0.1) is 6.42 Å². The summed E-state index contributed by atoms with van der Waals surface area (Å²) in [4.78, 5) is 14.6. The molecule has 0 bridgehead atoms. The maximum absolute atomic E-state index is 10.6. The van der Waals surface area contributed by atoms with Crippen LogP contribution in [0.4, 0.5) is 0 Å². The van der Waals surface area contributed by atoms with E-state index in [1.807, 2.05) is 6.92 Å². The van der Waals surface area contributed by atoms with E-state index in [1.54, 1.807) is 6.07 Å². The molecule has 1 aromatic rings. The number of hydrogen-bond donors (Lipinski definition) is 2. The lowest BCUT2D eigenvalue weighted by Gasteiger charge is -2.09. The Labute approximate surface area is 94.7 Å². The van der Waals surface area contributed by atoms with Crippen molar-refractivity contribution in [3.8, 4) is 12.3 Å². The van der Waals surface area contributed by atoms with Gasteiger partial charge in [0, 0.05) is 12.7 Å². The predicted molar refractivity (Wildman–Crippen MR) is 60.9 cm³/mol. The maximum Gasteiger partial charge on any atom is 0.337 e. The molecule has 16 heavy (non-hydrogen) atoms. The van der Waals surface area contributed by atoms with Gasteiger partial charge in [0.2, 0.25) is 0 Å². The Balaban J connectivity index is 2.56. The highest BCUT2D eigenvalue weighted by molar-refractivity contribution is 5.87. The SMILES string of the molecule is C#CC(CC)NCc1ccc(C(=O)O)cn1. The van der Waals surface area contributed by atoms with Gasteiger partial charge in [0.15, 0.2) is 0 Å². The molecular formula is C12H14N2O2. The van der Waals surface area contributed by atoms with Crippen LogP contribution in [0.5, 0.6) is 0 Å². The number of aromatic carboxylic acids is 1. The molecule has 0 saturated carbocycles. The van der Waals surface area contributed by atoms with Crippen molar-refractivity contribution in [3.05, 3.63) is 29.6 Å². The van der Waals surface area contributed by atoms with Crippen molar-refractivity contribution in [1.82, 2.24) is 10.3 Å². The van der Waals surface area contributed by atoms with Crippen LogP contribution in [0.3, 0.4) is 0 Å². The van der Waals surface area contributed by atoms with E-state index < -0.39 is 5.97 Å². The highest BCUT2D eigenvalue weighted by Gasteiger charge is 2.04. The maximum atomic E-state index is 10.6. The molecule has 1 heterocycles. The van der Waals surface area contributed by atoms with Crippen molar-refractivity contribution < 1.29 is 9.90 Å². The molecular weight excluding hydrogens is 204 g/mol. The number of terminal acetylenes is 1. The van der Waals surface area contributed by atoms with E-state index in [2.05, 4.69) is 16.2 Å². The first-order valence-electron chi connectivity index (χ1n) is 5.05. The molecule has 0 amide bonds. The zero-order valence-corrected chi connectivity index (χ0v) is 9.10. The second-order valence-electron chi connectivity index (χ2n) is 3.35. The predicted octanol–water partition coefficient (Wildman–Crippen LogP) is 1.28. The minimum Gasteiger partial charge on any atom is -0.478 e. The summed E-state index contributed by atoms with van der Waals surface area (Å²) in [6.45, 7) is 2.54. The quantitative estimate of drug-likeness (QED) is 0.731. The van der Waals surface area contributed by atoms with Gasteiger partial charge in [0.25, 0.3) is 0 Å². The second-order valence-corrected chi connectivity index (χ2v) is 3.35. The normalized spacial score (nSPS) is 11.8. The number of carbonyl (C=O) groups is 1. The second kappa shape index (κ2) is 5.89. The molecule has 1 rings (SSSR count). The van der Waals surface area contributed by atoms with Gasteiger partial charge in [0.05, 0.1) is 17.3 Å². The van der Waals surface area contributed by atoms with Crippen LogP contribution >= 0.6 is 0 Å². The van der Waals surface area contributed by atoms with Gasteiger partial charge in [-0.25, -0.2) is 4.79 Å². The van der Waals surface area contributed by atoms with Crippen molar-refractivity contribution in [2.24, 2.45) is 0 Å². The first-order chi connectivity index (χ1) is 7.67. The Morgan fingerprint density at radius 3 is 2.88 bits per heavy atom. The molecule has 4 nitrogen and oxygen atoms in total. The van der Waals surface area contributed by atoms with E-state index in [1.165, 1.54) is 12.3 Å². The number of rotatable bonds is 5. The van der Waals surface area contributed by atoms with E-state index in [9.17, 15) is 4.79 Å². The lowest BCUT2D eigenvalue weighted by molar-refractivity contribution is 0.0696. The van der Waals surface area contributed by atoms with Gasteiger partial charge in [-0.3, -0.25) is 10.3 Å². The van der Waals surface area contributed by atoms with Crippen LogP contribution in [0.15, 0.2) is 18.3 Å². The van der Waals surface area contributed by atoms with E-state index in [4.69, 9.17) is 11.5 Å². The molecule has 84 valence electrons. The third kappa shape index (κ3) is 3.37. The van der Waals surface area contributed by atoms with Crippen molar-refractivity contribution in [2.75, 3.05) is 0 Å². The number of nitrogens with zero attached hydrogens (tertiary/aromatic N) is 1. The van der Waals surface area contributed by atoms with Gasteiger partial charge in [-0.2, -0.15) is 0 Å². The molecule has 0 aromatic carbocycles. The van der Waals surface area contributed by atoms with Gasteiger partial charge < -0.3 is 5.11 Å². The number of nitrogens with one attached hydrogen (secondary N) is 1. The van der Waals surface area contributed by atoms with Crippen molar-refractivity contribution in [2.45, 2.75) is 25.9 Å². The molecule has 0 radical (unpaired) electrons.